The summed E-state index contributed by atoms with van der Waals surface area (Å²) in [7, 11) is 0. The Labute approximate surface area is 73.8 Å². The molecule has 0 unspecified atom stereocenters. The molecule has 0 aliphatic rings. The standard InChI is InChI=1S/C7H8O6/c8-4-12-6(10)2-1-3-7(11)13-5-9/h4-5H,1-3H2. The van der Waals surface area contributed by atoms with Crippen LogP contribution in [0.25, 0.3) is 0 Å². The highest BCUT2D eigenvalue weighted by atomic mass is 16.6. The van der Waals surface area contributed by atoms with Crippen molar-refractivity contribution in [3.63, 3.8) is 0 Å². The van der Waals surface area contributed by atoms with Gasteiger partial charge in [0.25, 0.3) is 0 Å². The normalized spacial score (nSPS) is 8.62. The van der Waals surface area contributed by atoms with Crippen LogP contribution >= 0.6 is 0 Å². The minimum Gasteiger partial charge on any atom is -0.395 e. The van der Waals surface area contributed by atoms with Gasteiger partial charge in [-0.05, 0) is 6.42 Å². The maximum atomic E-state index is 10.5. The van der Waals surface area contributed by atoms with Crippen LogP contribution in [0.2, 0.25) is 0 Å². The first-order valence-corrected chi connectivity index (χ1v) is 3.47. The summed E-state index contributed by atoms with van der Waals surface area (Å²) < 4.78 is 7.89. The summed E-state index contributed by atoms with van der Waals surface area (Å²) in [4.78, 5) is 40.3. The topological polar surface area (TPSA) is 86.7 Å². The van der Waals surface area contributed by atoms with Gasteiger partial charge in [0.2, 0.25) is 0 Å². The zero-order valence-electron chi connectivity index (χ0n) is 6.73. The Morgan fingerprint density at radius 1 is 0.923 bits per heavy atom. The van der Waals surface area contributed by atoms with E-state index < -0.39 is 11.9 Å². The van der Waals surface area contributed by atoms with E-state index in [0.29, 0.717) is 0 Å². The maximum absolute atomic E-state index is 10.5. The Morgan fingerprint density at radius 2 is 1.31 bits per heavy atom. The van der Waals surface area contributed by atoms with Gasteiger partial charge in [0.1, 0.15) is 0 Å². The van der Waals surface area contributed by atoms with Crippen LogP contribution in [-0.4, -0.2) is 24.9 Å². The van der Waals surface area contributed by atoms with Gasteiger partial charge in [0, 0.05) is 12.8 Å². The molecule has 0 bridgehead atoms. The van der Waals surface area contributed by atoms with Crippen LogP contribution in [-0.2, 0) is 28.7 Å². The van der Waals surface area contributed by atoms with Crippen molar-refractivity contribution in [1.82, 2.24) is 0 Å². The molecule has 0 atom stereocenters. The lowest BCUT2D eigenvalue weighted by Crippen LogP contribution is -2.06. The molecule has 0 fully saturated rings. The first-order chi connectivity index (χ1) is 6.20. The number of ether oxygens (including phenoxy) is 2. The SMILES string of the molecule is O=COC(=O)CCCC(=O)OC=O. The number of carbonyl (C=O) groups excluding carboxylic acids is 4. The molecule has 0 amide bonds. The van der Waals surface area contributed by atoms with Crippen LogP contribution in [0.1, 0.15) is 19.3 Å². The molecule has 72 valence electrons. The molecule has 0 aliphatic heterocycles. The van der Waals surface area contributed by atoms with Crippen molar-refractivity contribution in [1.29, 1.82) is 0 Å². The Hall–Kier alpha value is -1.72. The first kappa shape index (κ1) is 11.3. The predicted molar refractivity (Wildman–Crippen MR) is 38.2 cm³/mol. The average Bonchev–Trinajstić information content (AvgIpc) is 2.05. The largest absolute Gasteiger partial charge is 0.395 e. The number of carbonyl (C=O) groups is 4. The quantitative estimate of drug-likeness (QED) is 0.319. The monoisotopic (exact) mass is 188 g/mol. The van der Waals surface area contributed by atoms with Crippen molar-refractivity contribution in [2.75, 3.05) is 0 Å². The summed E-state index contributed by atoms with van der Waals surface area (Å²) in [5.41, 5.74) is 0. The summed E-state index contributed by atoms with van der Waals surface area (Å²) in [6, 6.07) is 0. The van der Waals surface area contributed by atoms with E-state index in [1.807, 2.05) is 0 Å². The summed E-state index contributed by atoms with van der Waals surface area (Å²) in [6.07, 6.45) is 0.0543. The summed E-state index contributed by atoms with van der Waals surface area (Å²) >= 11 is 0. The van der Waals surface area contributed by atoms with Crippen LogP contribution in [0.15, 0.2) is 0 Å². The van der Waals surface area contributed by atoms with Crippen molar-refractivity contribution in [2.45, 2.75) is 19.3 Å². The molecule has 0 aromatic carbocycles. The fourth-order valence-electron chi connectivity index (χ4n) is 0.602. The zero-order chi connectivity index (χ0) is 10.1. The average molecular weight is 188 g/mol. The van der Waals surface area contributed by atoms with Crippen LogP contribution in [0.3, 0.4) is 0 Å². The smallest absolute Gasteiger partial charge is 0.313 e. The Morgan fingerprint density at radius 3 is 1.62 bits per heavy atom. The van der Waals surface area contributed by atoms with E-state index in [0.717, 1.165) is 0 Å². The van der Waals surface area contributed by atoms with Crippen molar-refractivity contribution >= 4 is 24.9 Å². The van der Waals surface area contributed by atoms with Gasteiger partial charge in [-0.15, -0.1) is 0 Å². The fraction of sp³-hybridized carbons (Fsp3) is 0.429. The summed E-state index contributed by atoms with van der Waals surface area (Å²) in [6.45, 7) is 0.0398. The minimum absolute atomic E-state index is 0.0199. The molecule has 0 aromatic rings. The molecule has 13 heavy (non-hydrogen) atoms. The van der Waals surface area contributed by atoms with Crippen LogP contribution in [0.4, 0.5) is 0 Å². The molecule has 0 heterocycles. The second-order valence-corrected chi connectivity index (χ2v) is 2.03. The molecule has 0 saturated carbocycles. The van der Waals surface area contributed by atoms with Crippen molar-refractivity contribution in [3.8, 4) is 0 Å². The predicted octanol–water partition coefficient (Wildman–Crippen LogP) is -0.444. The lowest BCUT2D eigenvalue weighted by Gasteiger charge is -1.96. The minimum atomic E-state index is -0.714. The molecular formula is C7H8O6. The van der Waals surface area contributed by atoms with Crippen LogP contribution in [0, 0.1) is 0 Å². The lowest BCUT2D eigenvalue weighted by atomic mass is 10.2. The zero-order valence-corrected chi connectivity index (χ0v) is 6.73. The van der Waals surface area contributed by atoms with Gasteiger partial charge in [-0.3, -0.25) is 19.2 Å². The Kier molecular flexibility index (Phi) is 6.04. The third kappa shape index (κ3) is 6.67. The lowest BCUT2D eigenvalue weighted by molar-refractivity contribution is -0.151. The van der Waals surface area contributed by atoms with E-state index in [1.165, 1.54) is 0 Å². The molecule has 0 aromatic heterocycles. The molecule has 0 rings (SSSR count). The van der Waals surface area contributed by atoms with Gasteiger partial charge < -0.3 is 9.47 Å². The summed E-state index contributed by atoms with van der Waals surface area (Å²) in [5, 5.41) is 0. The maximum Gasteiger partial charge on any atom is 0.313 e. The highest BCUT2D eigenvalue weighted by Gasteiger charge is 2.06. The molecule has 6 nitrogen and oxygen atoms in total. The van der Waals surface area contributed by atoms with E-state index in [4.69, 9.17) is 0 Å². The Bertz CT molecular complexity index is 187. The first-order valence-electron chi connectivity index (χ1n) is 3.47. The van der Waals surface area contributed by atoms with E-state index in [1.54, 1.807) is 0 Å². The van der Waals surface area contributed by atoms with E-state index >= 15 is 0 Å². The van der Waals surface area contributed by atoms with Gasteiger partial charge in [-0.1, -0.05) is 0 Å². The third-order valence-electron chi connectivity index (χ3n) is 1.12. The molecule has 0 saturated heterocycles. The number of rotatable bonds is 6. The van der Waals surface area contributed by atoms with Gasteiger partial charge in [-0.25, -0.2) is 0 Å². The van der Waals surface area contributed by atoms with Gasteiger partial charge >= 0.3 is 24.9 Å². The van der Waals surface area contributed by atoms with Gasteiger partial charge in [-0.2, -0.15) is 0 Å². The molecule has 6 heteroatoms. The molecule has 0 N–H and O–H groups in total. The fourth-order valence-corrected chi connectivity index (χ4v) is 0.602. The van der Waals surface area contributed by atoms with Crippen LogP contribution in [0.5, 0.6) is 0 Å². The highest BCUT2D eigenvalue weighted by molar-refractivity contribution is 5.78. The molecular weight excluding hydrogens is 180 g/mol. The highest BCUT2D eigenvalue weighted by Crippen LogP contribution is 1.98. The van der Waals surface area contributed by atoms with Crippen molar-refractivity contribution < 1.29 is 28.7 Å². The Balaban J connectivity index is 3.43. The van der Waals surface area contributed by atoms with Crippen molar-refractivity contribution in [3.05, 3.63) is 0 Å². The number of esters is 2. The van der Waals surface area contributed by atoms with Crippen molar-refractivity contribution in [2.24, 2.45) is 0 Å². The number of hydrogen-bond acceptors (Lipinski definition) is 6. The van der Waals surface area contributed by atoms with E-state index in [2.05, 4.69) is 9.47 Å². The van der Waals surface area contributed by atoms with E-state index in [-0.39, 0.29) is 32.2 Å². The van der Waals surface area contributed by atoms with Gasteiger partial charge in [0.05, 0.1) is 0 Å². The third-order valence-corrected chi connectivity index (χ3v) is 1.12. The molecule has 0 radical (unpaired) electrons. The van der Waals surface area contributed by atoms with E-state index in [9.17, 15) is 19.2 Å². The second-order valence-electron chi connectivity index (χ2n) is 2.03. The molecule has 0 aliphatic carbocycles. The van der Waals surface area contributed by atoms with Crippen LogP contribution < -0.4 is 0 Å². The van der Waals surface area contributed by atoms with Gasteiger partial charge in [0.15, 0.2) is 0 Å². The molecule has 0 spiro atoms. The second kappa shape index (κ2) is 6.96. The summed E-state index contributed by atoms with van der Waals surface area (Å²) in [5.74, 6) is -1.43. The number of hydrogen-bond donors (Lipinski definition) is 0.